The largest absolute Gasteiger partial charge is 0.339 e. The van der Waals surface area contributed by atoms with Gasteiger partial charge in [0.1, 0.15) is 11.6 Å². The van der Waals surface area contributed by atoms with E-state index in [4.69, 9.17) is 5.84 Å². The fourth-order valence-corrected chi connectivity index (χ4v) is 2.18. The van der Waals surface area contributed by atoms with Gasteiger partial charge in [0.25, 0.3) is 0 Å². The van der Waals surface area contributed by atoms with Crippen LogP contribution in [-0.2, 0) is 0 Å². The molecule has 0 unspecified atom stereocenters. The van der Waals surface area contributed by atoms with E-state index in [0.29, 0.717) is 17.5 Å². The Kier molecular flexibility index (Phi) is 3.37. The molecular formula is C15H14FN5. The maximum atomic E-state index is 13.5. The van der Waals surface area contributed by atoms with Crippen molar-refractivity contribution >= 4 is 28.4 Å². The van der Waals surface area contributed by atoms with Gasteiger partial charge in [0.2, 0.25) is 5.95 Å². The number of nitrogens with one attached hydrogen (secondary N) is 2. The quantitative estimate of drug-likeness (QED) is 0.508. The average Bonchev–Trinajstić information content (AvgIpc) is 2.46. The number of anilines is 3. The molecule has 4 N–H and O–H groups in total. The molecule has 0 amide bonds. The Balaban J connectivity index is 2.10. The van der Waals surface area contributed by atoms with Crippen LogP contribution in [0.3, 0.4) is 0 Å². The number of aryl methyl sites for hydroxylation is 1. The Morgan fingerprint density at radius 3 is 2.67 bits per heavy atom. The molecule has 0 aliphatic heterocycles. The lowest BCUT2D eigenvalue weighted by molar-refractivity contribution is 0.627. The van der Waals surface area contributed by atoms with Crippen molar-refractivity contribution in [2.75, 3.05) is 10.7 Å². The minimum Gasteiger partial charge on any atom is -0.339 e. The zero-order valence-corrected chi connectivity index (χ0v) is 11.4. The molecule has 0 bridgehead atoms. The lowest BCUT2D eigenvalue weighted by Crippen LogP contribution is -2.11. The van der Waals surface area contributed by atoms with Gasteiger partial charge in [0.15, 0.2) is 0 Å². The average molecular weight is 283 g/mol. The van der Waals surface area contributed by atoms with Crippen LogP contribution in [0.5, 0.6) is 0 Å². The van der Waals surface area contributed by atoms with Gasteiger partial charge in [-0.1, -0.05) is 12.1 Å². The number of nitrogens with two attached hydrogens (primary N) is 1. The molecule has 2 aromatic carbocycles. The highest BCUT2D eigenvalue weighted by Crippen LogP contribution is 2.25. The first-order valence-electron chi connectivity index (χ1n) is 6.43. The van der Waals surface area contributed by atoms with E-state index in [0.717, 1.165) is 16.5 Å². The summed E-state index contributed by atoms with van der Waals surface area (Å²) in [4.78, 5) is 8.56. The van der Waals surface area contributed by atoms with Crippen LogP contribution in [0.25, 0.3) is 10.9 Å². The number of rotatable bonds is 3. The number of nitrogen functional groups attached to an aromatic ring is 1. The zero-order chi connectivity index (χ0) is 14.8. The summed E-state index contributed by atoms with van der Waals surface area (Å²) in [6.45, 7) is 1.83. The van der Waals surface area contributed by atoms with Gasteiger partial charge in [-0.25, -0.2) is 15.2 Å². The van der Waals surface area contributed by atoms with Crippen molar-refractivity contribution in [3.05, 3.63) is 53.8 Å². The number of para-hydroxylation sites is 1. The number of hydrogen-bond acceptors (Lipinski definition) is 5. The summed E-state index contributed by atoms with van der Waals surface area (Å²) >= 11 is 0. The van der Waals surface area contributed by atoms with Gasteiger partial charge in [-0.3, -0.25) is 5.43 Å². The number of hydrazine groups is 1. The van der Waals surface area contributed by atoms with E-state index in [-0.39, 0.29) is 5.82 Å². The molecule has 0 saturated carbocycles. The fourth-order valence-electron chi connectivity index (χ4n) is 2.18. The first-order valence-corrected chi connectivity index (χ1v) is 6.43. The Bertz CT molecular complexity index is 783. The molecular weight excluding hydrogens is 269 g/mol. The lowest BCUT2D eigenvalue weighted by atomic mass is 10.2. The van der Waals surface area contributed by atoms with Crippen molar-refractivity contribution in [3.8, 4) is 0 Å². The minimum atomic E-state index is -0.298. The molecule has 0 aliphatic carbocycles. The number of halogens is 1. The molecule has 0 aliphatic rings. The van der Waals surface area contributed by atoms with Crippen LogP contribution in [0.1, 0.15) is 5.56 Å². The van der Waals surface area contributed by atoms with Gasteiger partial charge in [-0.05, 0) is 42.8 Å². The SMILES string of the molecule is Cc1cc(F)cc(Nc2nc(NN)nc3ccccc23)c1. The third-order valence-electron chi connectivity index (χ3n) is 3.04. The molecule has 3 rings (SSSR count). The molecule has 0 radical (unpaired) electrons. The minimum absolute atomic E-state index is 0.296. The highest BCUT2D eigenvalue weighted by Gasteiger charge is 2.08. The van der Waals surface area contributed by atoms with Crippen molar-refractivity contribution in [3.63, 3.8) is 0 Å². The molecule has 21 heavy (non-hydrogen) atoms. The van der Waals surface area contributed by atoms with Crippen LogP contribution in [0, 0.1) is 12.7 Å². The summed E-state index contributed by atoms with van der Waals surface area (Å²) in [6.07, 6.45) is 0. The summed E-state index contributed by atoms with van der Waals surface area (Å²) in [5, 5.41) is 3.95. The normalized spacial score (nSPS) is 10.6. The van der Waals surface area contributed by atoms with Crippen LogP contribution in [0.2, 0.25) is 0 Å². The fraction of sp³-hybridized carbons (Fsp3) is 0.0667. The van der Waals surface area contributed by atoms with Crippen LogP contribution in [-0.4, -0.2) is 9.97 Å². The first kappa shape index (κ1) is 13.3. The zero-order valence-electron chi connectivity index (χ0n) is 11.4. The summed E-state index contributed by atoms with van der Waals surface area (Å²) in [5.74, 6) is 5.95. The molecule has 0 saturated heterocycles. The smallest absolute Gasteiger partial charge is 0.239 e. The summed E-state index contributed by atoms with van der Waals surface area (Å²) in [5.41, 5.74) is 4.63. The van der Waals surface area contributed by atoms with E-state index >= 15 is 0 Å². The lowest BCUT2D eigenvalue weighted by Gasteiger charge is -2.11. The molecule has 5 nitrogen and oxygen atoms in total. The summed E-state index contributed by atoms with van der Waals surface area (Å²) in [7, 11) is 0. The van der Waals surface area contributed by atoms with Gasteiger partial charge in [0, 0.05) is 11.1 Å². The van der Waals surface area contributed by atoms with Crippen LogP contribution in [0.15, 0.2) is 42.5 Å². The third kappa shape index (κ3) is 2.75. The van der Waals surface area contributed by atoms with Gasteiger partial charge in [0.05, 0.1) is 5.52 Å². The molecule has 0 spiro atoms. The predicted molar refractivity (Wildman–Crippen MR) is 81.8 cm³/mol. The number of hydrogen-bond donors (Lipinski definition) is 3. The van der Waals surface area contributed by atoms with Gasteiger partial charge in [-0.2, -0.15) is 4.98 Å². The maximum absolute atomic E-state index is 13.5. The van der Waals surface area contributed by atoms with Crippen molar-refractivity contribution in [2.45, 2.75) is 6.92 Å². The van der Waals surface area contributed by atoms with Gasteiger partial charge in [-0.15, -0.1) is 0 Å². The van der Waals surface area contributed by atoms with E-state index in [9.17, 15) is 4.39 Å². The standard InChI is InChI=1S/C15H14FN5/c1-9-6-10(16)8-11(7-9)18-14-12-4-2-3-5-13(12)19-15(20-14)21-17/h2-8H,17H2,1H3,(H2,18,19,20,21). The van der Waals surface area contributed by atoms with Gasteiger partial charge < -0.3 is 5.32 Å². The van der Waals surface area contributed by atoms with E-state index in [1.807, 2.05) is 37.3 Å². The Hall–Kier alpha value is -2.73. The molecule has 3 aromatic rings. The van der Waals surface area contributed by atoms with Crippen LogP contribution < -0.4 is 16.6 Å². The Morgan fingerprint density at radius 1 is 1.10 bits per heavy atom. The summed E-state index contributed by atoms with van der Waals surface area (Å²) in [6, 6.07) is 12.3. The Morgan fingerprint density at radius 2 is 1.90 bits per heavy atom. The third-order valence-corrected chi connectivity index (χ3v) is 3.04. The van der Waals surface area contributed by atoms with E-state index in [2.05, 4.69) is 20.7 Å². The molecule has 1 aromatic heterocycles. The Labute approximate surface area is 121 Å². The monoisotopic (exact) mass is 283 g/mol. The van der Waals surface area contributed by atoms with Crippen molar-refractivity contribution in [1.29, 1.82) is 0 Å². The van der Waals surface area contributed by atoms with E-state index in [1.54, 1.807) is 0 Å². The molecule has 0 fully saturated rings. The second-order valence-electron chi connectivity index (χ2n) is 4.70. The number of aromatic nitrogens is 2. The molecule has 0 atom stereocenters. The first-order chi connectivity index (χ1) is 10.2. The van der Waals surface area contributed by atoms with E-state index in [1.165, 1.54) is 12.1 Å². The highest BCUT2D eigenvalue weighted by molar-refractivity contribution is 5.91. The van der Waals surface area contributed by atoms with Gasteiger partial charge >= 0.3 is 0 Å². The predicted octanol–water partition coefficient (Wildman–Crippen LogP) is 3.11. The topological polar surface area (TPSA) is 75.9 Å². The molecule has 1 heterocycles. The number of nitrogens with zero attached hydrogens (tertiary/aromatic N) is 2. The number of fused-ring (bicyclic) bond motifs is 1. The highest BCUT2D eigenvalue weighted by atomic mass is 19.1. The van der Waals surface area contributed by atoms with Crippen molar-refractivity contribution in [1.82, 2.24) is 9.97 Å². The van der Waals surface area contributed by atoms with Crippen molar-refractivity contribution < 1.29 is 4.39 Å². The number of benzene rings is 2. The second-order valence-corrected chi connectivity index (χ2v) is 4.70. The molecule has 6 heteroatoms. The molecule has 106 valence electrons. The van der Waals surface area contributed by atoms with Crippen LogP contribution in [0.4, 0.5) is 21.8 Å². The summed E-state index contributed by atoms with van der Waals surface area (Å²) < 4.78 is 13.5. The van der Waals surface area contributed by atoms with Crippen LogP contribution >= 0.6 is 0 Å². The second kappa shape index (κ2) is 5.34. The van der Waals surface area contributed by atoms with E-state index < -0.39 is 0 Å². The van der Waals surface area contributed by atoms with Crippen molar-refractivity contribution in [2.24, 2.45) is 5.84 Å². The maximum Gasteiger partial charge on any atom is 0.239 e.